The van der Waals surface area contributed by atoms with Gasteiger partial charge in [-0.25, -0.2) is 0 Å². The third kappa shape index (κ3) is 3.05. The Hall–Kier alpha value is -1.60. The van der Waals surface area contributed by atoms with Crippen molar-refractivity contribution in [3.05, 3.63) is 71.3 Å². The van der Waals surface area contributed by atoms with Crippen molar-refractivity contribution < 1.29 is 0 Å². The van der Waals surface area contributed by atoms with Gasteiger partial charge in [0.05, 0.1) is 0 Å². The van der Waals surface area contributed by atoms with Crippen LogP contribution in [0.5, 0.6) is 0 Å². The molecule has 1 atom stereocenters. The molecule has 0 saturated carbocycles. The molecule has 0 spiro atoms. The minimum Gasteiger partial charge on any atom is -0.310 e. The lowest BCUT2D eigenvalue weighted by molar-refractivity contribution is 0.462. The van der Waals surface area contributed by atoms with Crippen LogP contribution < -0.4 is 5.32 Å². The molecule has 19 heavy (non-hydrogen) atoms. The zero-order valence-electron chi connectivity index (χ0n) is 11.3. The van der Waals surface area contributed by atoms with Crippen molar-refractivity contribution in [1.29, 1.82) is 0 Å². The van der Waals surface area contributed by atoms with E-state index in [4.69, 9.17) is 0 Å². The Labute approximate surface area is 115 Å². The Morgan fingerprint density at radius 1 is 0.947 bits per heavy atom. The molecule has 0 amide bonds. The largest absolute Gasteiger partial charge is 0.310 e. The molecule has 98 valence electrons. The van der Waals surface area contributed by atoms with E-state index in [2.05, 4.69) is 59.9 Å². The zero-order chi connectivity index (χ0) is 12.9. The van der Waals surface area contributed by atoms with Crippen molar-refractivity contribution in [3.63, 3.8) is 0 Å². The van der Waals surface area contributed by atoms with E-state index < -0.39 is 0 Å². The molecule has 1 aliphatic rings. The second-order valence-corrected chi connectivity index (χ2v) is 5.33. The van der Waals surface area contributed by atoms with Gasteiger partial charge in [-0.15, -0.1) is 0 Å². The molecule has 0 radical (unpaired) electrons. The van der Waals surface area contributed by atoms with Gasteiger partial charge in [-0.2, -0.15) is 0 Å². The molecule has 1 nitrogen and oxygen atoms in total. The van der Waals surface area contributed by atoms with Gasteiger partial charge in [-0.1, -0.05) is 54.6 Å². The maximum absolute atomic E-state index is 3.66. The molecular formula is C18H21N. The molecule has 2 aromatic carbocycles. The van der Waals surface area contributed by atoms with E-state index in [-0.39, 0.29) is 0 Å². The molecule has 0 aliphatic carbocycles. The third-order valence-electron chi connectivity index (χ3n) is 4.02. The van der Waals surface area contributed by atoms with Gasteiger partial charge >= 0.3 is 0 Å². The first-order valence-corrected chi connectivity index (χ1v) is 7.28. The summed E-state index contributed by atoms with van der Waals surface area (Å²) in [6.45, 7) is 1.12. The lowest BCUT2D eigenvalue weighted by Crippen LogP contribution is -2.29. The van der Waals surface area contributed by atoms with Crippen LogP contribution in [0.4, 0.5) is 0 Å². The molecular weight excluding hydrogens is 230 g/mol. The number of hydrogen-bond acceptors (Lipinski definition) is 1. The monoisotopic (exact) mass is 251 g/mol. The van der Waals surface area contributed by atoms with Crippen LogP contribution in [0.1, 0.15) is 35.6 Å². The molecule has 0 fully saturated rings. The average molecular weight is 251 g/mol. The maximum Gasteiger partial charge on any atom is 0.0323 e. The molecule has 1 heteroatoms. The third-order valence-corrected chi connectivity index (χ3v) is 4.02. The number of benzene rings is 2. The summed E-state index contributed by atoms with van der Waals surface area (Å²) in [6.07, 6.45) is 4.83. The highest BCUT2D eigenvalue weighted by atomic mass is 14.9. The summed E-state index contributed by atoms with van der Waals surface area (Å²) in [4.78, 5) is 0. The SMILES string of the molecule is c1ccc(CCC[C@@H]2NCCc3ccccc32)cc1. The minimum absolute atomic E-state index is 0.550. The fraction of sp³-hybridized carbons (Fsp3) is 0.333. The Morgan fingerprint density at radius 3 is 2.63 bits per heavy atom. The fourth-order valence-corrected chi connectivity index (χ4v) is 3.01. The number of aryl methyl sites for hydroxylation is 1. The summed E-state index contributed by atoms with van der Waals surface area (Å²) in [5.41, 5.74) is 4.50. The minimum atomic E-state index is 0.550. The van der Waals surface area contributed by atoms with Crippen molar-refractivity contribution >= 4 is 0 Å². The van der Waals surface area contributed by atoms with E-state index >= 15 is 0 Å². The molecule has 0 unspecified atom stereocenters. The number of rotatable bonds is 4. The van der Waals surface area contributed by atoms with Crippen LogP contribution in [0.15, 0.2) is 54.6 Å². The van der Waals surface area contributed by atoms with Crippen LogP contribution in [0, 0.1) is 0 Å². The van der Waals surface area contributed by atoms with Gasteiger partial charge in [0.15, 0.2) is 0 Å². The predicted octanol–water partition coefficient (Wildman–Crippen LogP) is 3.90. The van der Waals surface area contributed by atoms with Gasteiger partial charge in [0.2, 0.25) is 0 Å². The first-order chi connectivity index (χ1) is 9.43. The van der Waals surface area contributed by atoms with Gasteiger partial charge < -0.3 is 5.32 Å². The van der Waals surface area contributed by atoms with E-state index in [0.717, 1.165) is 6.54 Å². The Morgan fingerprint density at radius 2 is 1.74 bits per heavy atom. The molecule has 0 saturated heterocycles. The second-order valence-electron chi connectivity index (χ2n) is 5.33. The quantitative estimate of drug-likeness (QED) is 0.869. The van der Waals surface area contributed by atoms with Gasteiger partial charge in [-0.05, 0) is 48.9 Å². The topological polar surface area (TPSA) is 12.0 Å². The summed E-state index contributed by atoms with van der Waals surface area (Å²) in [5.74, 6) is 0. The molecule has 0 bridgehead atoms. The van der Waals surface area contributed by atoms with Crippen LogP contribution in [-0.4, -0.2) is 6.54 Å². The Balaban J connectivity index is 1.59. The molecule has 1 aliphatic heterocycles. The zero-order valence-corrected chi connectivity index (χ0v) is 11.3. The smallest absolute Gasteiger partial charge is 0.0323 e. The molecule has 0 aromatic heterocycles. The van der Waals surface area contributed by atoms with Crippen molar-refractivity contribution in [2.75, 3.05) is 6.54 Å². The number of nitrogens with one attached hydrogen (secondary N) is 1. The van der Waals surface area contributed by atoms with E-state index in [1.165, 1.54) is 42.4 Å². The fourth-order valence-electron chi connectivity index (χ4n) is 3.01. The van der Waals surface area contributed by atoms with E-state index in [9.17, 15) is 0 Å². The van der Waals surface area contributed by atoms with E-state index in [1.807, 2.05) is 0 Å². The first kappa shape index (κ1) is 12.4. The van der Waals surface area contributed by atoms with Crippen LogP contribution in [0.25, 0.3) is 0 Å². The molecule has 2 aromatic rings. The predicted molar refractivity (Wildman–Crippen MR) is 80.3 cm³/mol. The average Bonchev–Trinajstić information content (AvgIpc) is 2.49. The summed E-state index contributed by atoms with van der Waals surface area (Å²) in [7, 11) is 0. The van der Waals surface area contributed by atoms with Crippen molar-refractivity contribution in [2.24, 2.45) is 0 Å². The number of fused-ring (bicyclic) bond motifs is 1. The van der Waals surface area contributed by atoms with Crippen LogP contribution in [-0.2, 0) is 12.8 Å². The maximum atomic E-state index is 3.66. The Kier molecular flexibility index (Phi) is 3.95. The van der Waals surface area contributed by atoms with Gasteiger partial charge in [0.25, 0.3) is 0 Å². The van der Waals surface area contributed by atoms with Crippen LogP contribution in [0.3, 0.4) is 0 Å². The first-order valence-electron chi connectivity index (χ1n) is 7.28. The lowest BCUT2D eigenvalue weighted by Gasteiger charge is -2.27. The molecule has 3 rings (SSSR count). The normalized spacial score (nSPS) is 18.0. The summed E-state index contributed by atoms with van der Waals surface area (Å²) < 4.78 is 0. The summed E-state index contributed by atoms with van der Waals surface area (Å²) in [6, 6.07) is 20.2. The summed E-state index contributed by atoms with van der Waals surface area (Å²) >= 11 is 0. The highest BCUT2D eigenvalue weighted by Gasteiger charge is 2.18. The van der Waals surface area contributed by atoms with Crippen LogP contribution >= 0.6 is 0 Å². The lowest BCUT2D eigenvalue weighted by atomic mass is 9.91. The molecule has 1 N–H and O–H groups in total. The van der Waals surface area contributed by atoms with E-state index in [0.29, 0.717) is 6.04 Å². The summed E-state index contributed by atoms with van der Waals surface area (Å²) in [5, 5.41) is 3.66. The van der Waals surface area contributed by atoms with Gasteiger partial charge in [-0.3, -0.25) is 0 Å². The molecule has 1 heterocycles. The highest BCUT2D eigenvalue weighted by molar-refractivity contribution is 5.32. The van der Waals surface area contributed by atoms with Gasteiger partial charge in [0, 0.05) is 6.04 Å². The highest BCUT2D eigenvalue weighted by Crippen LogP contribution is 2.26. The van der Waals surface area contributed by atoms with Crippen molar-refractivity contribution in [2.45, 2.75) is 31.7 Å². The van der Waals surface area contributed by atoms with Crippen LogP contribution in [0.2, 0.25) is 0 Å². The van der Waals surface area contributed by atoms with Gasteiger partial charge in [0.1, 0.15) is 0 Å². The standard InChI is InChI=1S/C18H21N/c1-2-7-15(8-3-1)9-6-12-18-17-11-5-4-10-16(17)13-14-19-18/h1-5,7-8,10-11,18-19H,6,9,12-14H2/t18-/m0/s1. The second kappa shape index (κ2) is 6.03. The van der Waals surface area contributed by atoms with Crippen molar-refractivity contribution in [1.82, 2.24) is 5.32 Å². The number of hydrogen-bond donors (Lipinski definition) is 1. The van der Waals surface area contributed by atoms with Crippen molar-refractivity contribution in [3.8, 4) is 0 Å². The Bertz CT molecular complexity index is 518. The van der Waals surface area contributed by atoms with E-state index in [1.54, 1.807) is 0 Å².